The van der Waals surface area contributed by atoms with Gasteiger partial charge in [-0.15, -0.1) is 0 Å². The number of benzene rings is 1. The number of carbonyl (C=O) groups is 3. The summed E-state index contributed by atoms with van der Waals surface area (Å²) in [6.07, 6.45) is -0.216. The van der Waals surface area contributed by atoms with E-state index in [2.05, 4.69) is 0 Å². The van der Waals surface area contributed by atoms with Gasteiger partial charge in [-0.3, -0.25) is 9.59 Å². The molecule has 7 nitrogen and oxygen atoms in total. The molecule has 1 N–H and O–H groups in total. The summed E-state index contributed by atoms with van der Waals surface area (Å²) in [6, 6.07) is 3.96. The number of Topliss-reactive ketones (excluding diaryl/α,β-unsaturated/α-hetero) is 1. The van der Waals surface area contributed by atoms with Crippen molar-refractivity contribution in [3.05, 3.63) is 34.6 Å². The molecule has 2 unspecified atom stereocenters. The molecule has 0 bridgehead atoms. The molecular weight excluding hydrogens is 439 g/mol. The standard InChI is InChI=1S/C23H28ClFN2O5/c1-22(2,3)32-21(30)26-11-16-17(12-26)19(16)27-7-6-23(31,20(27)29)18(28)5-4-13-8-14(24)10-15(25)9-13/h8-10,16-17,19,31H,4-7,11-12H2,1-3H3/t16-,17+,19?,23?. The topological polar surface area (TPSA) is 87.2 Å². The van der Waals surface area contributed by atoms with E-state index >= 15 is 0 Å². The van der Waals surface area contributed by atoms with Crippen molar-refractivity contribution in [2.24, 2.45) is 11.8 Å². The molecule has 2 amide bonds. The van der Waals surface area contributed by atoms with Crippen molar-refractivity contribution < 1.29 is 28.6 Å². The zero-order chi connectivity index (χ0) is 23.4. The van der Waals surface area contributed by atoms with Crippen molar-refractivity contribution in [3.63, 3.8) is 0 Å². The van der Waals surface area contributed by atoms with Crippen LogP contribution in [-0.4, -0.2) is 69.6 Å². The molecule has 3 aliphatic rings. The number of ketones is 1. The lowest BCUT2D eigenvalue weighted by Gasteiger charge is -2.28. The molecular formula is C23H28ClFN2O5. The van der Waals surface area contributed by atoms with Crippen LogP contribution in [0.5, 0.6) is 0 Å². The monoisotopic (exact) mass is 466 g/mol. The number of amides is 2. The Labute approximate surface area is 191 Å². The summed E-state index contributed by atoms with van der Waals surface area (Å²) in [6.45, 7) is 6.74. The Bertz CT molecular complexity index is 932. The minimum Gasteiger partial charge on any atom is -0.444 e. The highest BCUT2D eigenvalue weighted by Gasteiger charge is 2.64. The maximum Gasteiger partial charge on any atom is 0.410 e. The number of ether oxygens (including phenoxy) is 1. The first-order valence-electron chi connectivity index (χ1n) is 10.9. The summed E-state index contributed by atoms with van der Waals surface area (Å²) >= 11 is 5.84. The van der Waals surface area contributed by atoms with Crippen LogP contribution in [0.4, 0.5) is 9.18 Å². The van der Waals surface area contributed by atoms with Crippen molar-refractivity contribution in [1.29, 1.82) is 0 Å². The second-order valence-electron chi connectivity index (χ2n) is 10.0. The van der Waals surface area contributed by atoms with Gasteiger partial charge in [0.25, 0.3) is 5.91 Å². The maximum atomic E-state index is 13.5. The molecule has 4 atom stereocenters. The Morgan fingerprint density at radius 3 is 2.50 bits per heavy atom. The van der Waals surface area contributed by atoms with Gasteiger partial charge in [0.15, 0.2) is 5.78 Å². The Balaban J connectivity index is 1.32. The molecule has 3 fully saturated rings. The number of carbonyl (C=O) groups excluding carboxylic acids is 3. The van der Waals surface area contributed by atoms with E-state index in [4.69, 9.17) is 16.3 Å². The van der Waals surface area contributed by atoms with Crippen LogP contribution < -0.4 is 0 Å². The number of aryl methyl sites for hydroxylation is 1. The highest BCUT2D eigenvalue weighted by Crippen LogP contribution is 2.51. The Morgan fingerprint density at radius 1 is 1.25 bits per heavy atom. The van der Waals surface area contributed by atoms with Crippen molar-refractivity contribution in [1.82, 2.24) is 9.80 Å². The van der Waals surface area contributed by atoms with E-state index in [1.807, 2.05) is 20.8 Å². The molecule has 2 saturated heterocycles. The van der Waals surface area contributed by atoms with Gasteiger partial charge in [0.05, 0.1) is 0 Å². The van der Waals surface area contributed by atoms with E-state index in [1.165, 1.54) is 12.1 Å². The Morgan fingerprint density at radius 2 is 1.91 bits per heavy atom. The Kier molecular flexibility index (Phi) is 5.74. The predicted molar refractivity (Wildman–Crippen MR) is 115 cm³/mol. The fourth-order valence-corrected chi connectivity index (χ4v) is 5.17. The molecule has 4 rings (SSSR count). The van der Waals surface area contributed by atoms with Crippen molar-refractivity contribution in [2.75, 3.05) is 19.6 Å². The lowest BCUT2D eigenvalue weighted by atomic mass is 9.92. The van der Waals surface area contributed by atoms with Crippen LogP contribution in [0, 0.1) is 17.7 Å². The summed E-state index contributed by atoms with van der Waals surface area (Å²) in [4.78, 5) is 41.2. The largest absolute Gasteiger partial charge is 0.444 e. The van der Waals surface area contributed by atoms with E-state index in [9.17, 15) is 23.9 Å². The van der Waals surface area contributed by atoms with E-state index in [0.29, 0.717) is 25.2 Å². The molecule has 0 radical (unpaired) electrons. The molecule has 2 heterocycles. The van der Waals surface area contributed by atoms with Crippen LogP contribution in [0.2, 0.25) is 5.02 Å². The third kappa shape index (κ3) is 4.35. The third-order valence-corrected chi connectivity index (χ3v) is 6.73. The van der Waals surface area contributed by atoms with E-state index in [0.717, 1.165) is 0 Å². The number of likely N-dealkylation sites (tertiary alicyclic amines) is 2. The molecule has 174 valence electrons. The summed E-state index contributed by atoms with van der Waals surface area (Å²) < 4.78 is 18.9. The van der Waals surface area contributed by atoms with Crippen molar-refractivity contribution in [3.8, 4) is 0 Å². The Hall–Kier alpha value is -2.19. The smallest absolute Gasteiger partial charge is 0.410 e. The van der Waals surface area contributed by atoms with Gasteiger partial charge >= 0.3 is 6.09 Å². The second-order valence-corrected chi connectivity index (χ2v) is 10.4. The fraction of sp³-hybridized carbons (Fsp3) is 0.609. The summed E-state index contributed by atoms with van der Waals surface area (Å²) in [5.74, 6) is -1.35. The lowest BCUT2D eigenvalue weighted by molar-refractivity contribution is -0.153. The molecule has 0 aromatic heterocycles. The predicted octanol–water partition coefficient (Wildman–Crippen LogP) is 2.81. The van der Waals surface area contributed by atoms with Gasteiger partial charge in [-0.05, 0) is 51.0 Å². The fourth-order valence-electron chi connectivity index (χ4n) is 4.92. The van der Waals surface area contributed by atoms with Crippen LogP contribution in [0.1, 0.15) is 39.2 Å². The molecule has 0 spiro atoms. The van der Waals surface area contributed by atoms with E-state index in [-0.39, 0.29) is 48.3 Å². The van der Waals surface area contributed by atoms with Crippen molar-refractivity contribution in [2.45, 2.75) is 57.3 Å². The quantitative estimate of drug-likeness (QED) is 0.674. The minimum absolute atomic E-state index is 0.0420. The first-order valence-corrected chi connectivity index (χ1v) is 11.3. The number of hydrogen-bond acceptors (Lipinski definition) is 5. The van der Waals surface area contributed by atoms with Crippen LogP contribution >= 0.6 is 11.6 Å². The highest BCUT2D eigenvalue weighted by molar-refractivity contribution is 6.30. The molecule has 2 aliphatic heterocycles. The van der Waals surface area contributed by atoms with Gasteiger partial charge in [-0.25, -0.2) is 9.18 Å². The van der Waals surface area contributed by atoms with Crippen LogP contribution in [0.25, 0.3) is 0 Å². The number of hydrogen-bond donors (Lipinski definition) is 1. The van der Waals surface area contributed by atoms with Gasteiger partial charge in [-0.1, -0.05) is 11.6 Å². The van der Waals surface area contributed by atoms with Crippen LogP contribution in [-0.2, 0) is 20.7 Å². The SMILES string of the molecule is CC(C)(C)OC(=O)N1C[C@@H]2C(N3CCC(O)(C(=O)CCc4cc(F)cc(Cl)c4)C3=O)[C@@H]2C1. The number of aliphatic hydroxyl groups is 1. The van der Waals surface area contributed by atoms with Crippen LogP contribution in [0.3, 0.4) is 0 Å². The average Bonchev–Trinajstić information content (AvgIpc) is 3.01. The van der Waals surface area contributed by atoms with Gasteiger partial charge in [0.2, 0.25) is 5.60 Å². The zero-order valence-electron chi connectivity index (χ0n) is 18.4. The normalized spacial score (nSPS) is 29.3. The minimum atomic E-state index is -2.04. The van der Waals surface area contributed by atoms with Gasteiger partial charge < -0.3 is 19.6 Å². The first kappa shape index (κ1) is 23.0. The number of rotatable bonds is 5. The lowest BCUT2D eigenvalue weighted by Crippen LogP contribution is -2.48. The first-order chi connectivity index (χ1) is 14.9. The molecule has 1 aromatic rings. The zero-order valence-corrected chi connectivity index (χ0v) is 19.2. The van der Waals surface area contributed by atoms with Crippen molar-refractivity contribution >= 4 is 29.4 Å². The average molecular weight is 467 g/mol. The number of nitrogens with zero attached hydrogens (tertiary/aromatic N) is 2. The van der Waals surface area contributed by atoms with Gasteiger partial charge in [0, 0.05) is 55.4 Å². The number of piperidine rings is 1. The third-order valence-electron chi connectivity index (χ3n) is 6.51. The second kappa shape index (κ2) is 7.99. The number of fused-ring (bicyclic) bond motifs is 1. The highest BCUT2D eigenvalue weighted by atomic mass is 35.5. The molecule has 9 heteroatoms. The van der Waals surface area contributed by atoms with Gasteiger partial charge in [0.1, 0.15) is 11.4 Å². The van der Waals surface area contributed by atoms with Crippen LogP contribution in [0.15, 0.2) is 18.2 Å². The van der Waals surface area contributed by atoms with Gasteiger partial charge in [-0.2, -0.15) is 0 Å². The molecule has 1 aromatic carbocycles. The number of halogens is 2. The van der Waals surface area contributed by atoms with E-state index in [1.54, 1.807) is 15.9 Å². The summed E-state index contributed by atoms with van der Waals surface area (Å²) in [5, 5.41) is 11.1. The molecule has 1 saturated carbocycles. The summed E-state index contributed by atoms with van der Waals surface area (Å²) in [5.41, 5.74) is -2.07. The molecule has 1 aliphatic carbocycles. The summed E-state index contributed by atoms with van der Waals surface area (Å²) in [7, 11) is 0. The maximum absolute atomic E-state index is 13.5. The molecule has 32 heavy (non-hydrogen) atoms. The van der Waals surface area contributed by atoms with E-state index < -0.39 is 28.7 Å².